The molecule has 0 aliphatic heterocycles. The smallest absolute Gasteiger partial charge is 0.232 e. The van der Waals surface area contributed by atoms with Crippen LogP contribution in [0.15, 0.2) is 73.1 Å². The predicted molar refractivity (Wildman–Crippen MR) is 102 cm³/mol. The van der Waals surface area contributed by atoms with E-state index in [0.717, 1.165) is 11.1 Å². The maximum Gasteiger partial charge on any atom is 0.232 e. The normalized spacial score (nSPS) is 11.4. The van der Waals surface area contributed by atoms with Crippen LogP contribution >= 0.6 is 11.6 Å². The molecule has 26 heavy (non-hydrogen) atoms. The number of carbonyl (C=O) groups is 1. The summed E-state index contributed by atoms with van der Waals surface area (Å²) in [5, 5.41) is 12.5. The highest BCUT2D eigenvalue weighted by atomic mass is 35.5. The van der Waals surface area contributed by atoms with Gasteiger partial charge in [-0.2, -0.15) is 5.26 Å². The Morgan fingerprint density at radius 2 is 1.96 bits per heavy atom. The van der Waals surface area contributed by atoms with Gasteiger partial charge in [-0.25, -0.2) is 0 Å². The molecule has 1 unspecified atom stereocenters. The van der Waals surface area contributed by atoms with Gasteiger partial charge in [-0.1, -0.05) is 35.9 Å². The van der Waals surface area contributed by atoms with E-state index in [9.17, 15) is 4.79 Å². The maximum atomic E-state index is 13.0. The van der Waals surface area contributed by atoms with Gasteiger partial charge in [-0.05, 0) is 53.9 Å². The van der Waals surface area contributed by atoms with Crippen LogP contribution in [-0.2, 0) is 11.2 Å². The van der Waals surface area contributed by atoms with E-state index in [-0.39, 0.29) is 5.91 Å². The van der Waals surface area contributed by atoms with E-state index in [1.54, 1.807) is 48.8 Å². The standard InChI is InChI=1S/C21H16ClN3O/c22-18-8-6-17(7-9-18)20(12-16-4-2-10-24-14-16)21(26)25-19-5-1-3-15(11-19)13-23/h1-11,14,20H,12H2,(H,25,26). The molecule has 3 rings (SSSR count). The fraction of sp³-hybridized carbons (Fsp3) is 0.0952. The Hall–Kier alpha value is -3.16. The molecule has 1 amide bonds. The van der Waals surface area contributed by atoms with E-state index < -0.39 is 5.92 Å². The summed E-state index contributed by atoms with van der Waals surface area (Å²) in [6.07, 6.45) is 3.97. The summed E-state index contributed by atoms with van der Waals surface area (Å²) < 4.78 is 0. The lowest BCUT2D eigenvalue weighted by Crippen LogP contribution is -2.23. The molecule has 1 heterocycles. The number of aromatic nitrogens is 1. The number of nitrogens with zero attached hydrogens (tertiary/aromatic N) is 2. The Balaban J connectivity index is 1.87. The predicted octanol–water partition coefficient (Wildman–Crippen LogP) is 4.57. The molecule has 0 saturated heterocycles. The Bertz CT molecular complexity index is 933. The molecule has 1 aromatic heterocycles. The first-order chi connectivity index (χ1) is 12.7. The van der Waals surface area contributed by atoms with Crippen LogP contribution in [0.2, 0.25) is 5.02 Å². The summed E-state index contributed by atoms with van der Waals surface area (Å²) in [6, 6.07) is 20.0. The first-order valence-corrected chi connectivity index (χ1v) is 8.49. The minimum atomic E-state index is -0.401. The molecule has 0 fully saturated rings. The number of benzene rings is 2. The van der Waals surface area contributed by atoms with Crippen molar-refractivity contribution in [2.24, 2.45) is 0 Å². The molecule has 2 aromatic carbocycles. The van der Waals surface area contributed by atoms with Crippen LogP contribution in [0.25, 0.3) is 0 Å². The molecule has 3 aromatic rings. The Morgan fingerprint density at radius 1 is 1.15 bits per heavy atom. The lowest BCUT2D eigenvalue weighted by atomic mass is 9.91. The Kier molecular flexibility index (Phi) is 5.62. The zero-order valence-electron chi connectivity index (χ0n) is 13.9. The molecule has 0 spiro atoms. The Labute approximate surface area is 157 Å². The third-order valence-electron chi connectivity index (χ3n) is 4.01. The summed E-state index contributed by atoms with van der Waals surface area (Å²) in [4.78, 5) is 17.1. The number of carbonyl (C=O) groups excluding carboxylic acids is 1. The highest BCUT2D eigenvalue weighted by Gasteiger charge is 2.21. The maximum absolute atomic E-state index is 13.0. The van der Waals surface area contributed by atoms with Crippen LogP contribution in [0.4, 0.5) is 5.69 Å². The van der Waals surface area contributed by atoms with Crippen molar-refractivity contribution in [1.82, 2.24) is 4.98 Å². The number of hydrogen-bond acceptors (Lipinski definition) is 3. The third kappa shape index (κ3) is 4.47. The quantitative estimate of drug-likeness (QED) is 0.723. The van der Waals surface area contributed by atoms with Crippen LogP contribution in [-0.4, -0.2) is 10.9 Å². The molecule has 5 heteroatoms. The molecular weight excluding hydrogens is 346 g/mol. The average Bonchev–Trinajstić information content (AvgIpc) is 2.68. The summed E-state index contributed by atoms with van der Waals surface area (Å²) in [6.45, 7) is 0. The lowest BCUT2D eigenvalue weighted by molar-refractivity contribution is -0.117. The van der Waals surface area contributed by atoms with Crippen molar-refractivity contribution in [3.63, 3.8) is 0 Å². The van der Waals surface area contributed by atoms with Gasteiger partial charge in [0, 0.05) is 23.1 Å². The second kappa shape index (κ2) is 8.28. The van der Waals surface area contributed by atoms with E-state index in [2.05, 4.69) is 16.4 Å². The number of hydrogen-bond donors (Lipinski definition) is 1. The van der Waals surface area contributed by atoms with Gasteiger partial charge in [0.25, 0.3) is 0 Å². The van der Waals surface area contributed by atoms with E-state index in [4.69, 9.17) is 16.9 Å². The second-order valence-corrected chi connectivity index (χ2v) is 6.29. The molecule has 128 valence electrons. The van der Waals surface area contributed by atoms with Gasteiger partial charge in [0.2, 0.25) is 5.91 Å². The van der Waals surface area contributed by atoms with Gasteiger partial charge in [0.1, 0.15) is 0 Å². The summed E-state index contributed by atoms with van der Waals surface area (Å²) in [5.74, 6) is -0.548. The molecule has 1 atom stereocenters. The fourth-order valence-corrected chi connectivity index (χ4v) is 2.83. The molecule has 0 aliphatic carbocycles. The highest BCUT2D eigenvalue weighted by molar-refractivity contribution is 6.30. The van der Waals surface area contributed by atoms with Crippen molar-refractivity contribution >= 4 is 23.2 Å². The summed E-state index contributed by atoms with van der Waals surface area (Å²) >= 11 is 5.98. The van der Waals surface area contributed by atoms with Gasteiger partial charge in [0.15, 0.2) is 0 Å². The monoisotopic (exact) mass is 361 g/mol. The van der Waals surface area contributed by atoms with Crippen molar-refractivity contribution in [3.05, 3.63) is 94.8 Å². The van der Waals surface area contributed by atoms with Crippen molar-refractivity contribution in [3.8, 4) is 6.07 Å². The number of halogens is 1. The van der Waals surface area contributed by atoms with Crippen LogP contribution in [0.1, 0.15) is 22.6 Å². The molecule has 0 radical (unpaired) electrons. The molecule has 0 aliphatic rings. The first-order valence-electron chi connectivity index (χ1n) is 8.11. The van der Waals surface area contributed by atoms with E-state index in [0.29, 0.717) is 22.7 Å². The van der Waals surface area contributed by atoms with Crippen LogP contribution in [0.5, 0.6) is 0 Å². The number of nitrogens with one attached hydrogen (secondary N) is 1. The number of rotatable bonds is 5. The lowest BCUT2D eigenvalue weighted by Gasteiger charge is -2.18. The number of anilines is 1. The topological polar surface area (TPSA) is 65.8 Å². The second-order valence-electron chi connectivity index (χ2n) is 5.85. The van der Waals surface area contributed by atoms with E-state index in [1.165, 1.54) is 0 Å². The van der Waals surface area contributed by atoms with Gasteiger partial charge >= 0.3 is 0 Å². The molecule has 1 N–H and O–H groups in total. The van der Waals surface area contributed by atoms with E-state index >= 15 is 0 Å². The largest absolute Gasteiger partial charge is 0.326 e. The fourth-order valence-electron chi connectivity index (χ4n) is 2.71. The molecule has 0 saturated carbocycles. The average molecular weight is 362 g/mol. The van der Waals surface area contributed by atoms with Crippen LogP contribution in [0.3, 0.4) is 0 Å². The van der Waals surface area contributed by atoms with Crippen LogP contribution < -0.4 is 5.32 Å². The molecule has 4 nitrogen and oxygen atoms in total. The number of amides is 1. The summed E-state index contributed by atoms with van der Waals surface area (Å²) in [5.41, 5.74) is 2.93. The van der Waals surface area contributed by atoms with Crippen molar-refractivity contribution in [2.45, 2.75) is 12.3 Å². The zero-order chi connectivity index (χ0) is 18.4. The van der Waals surface area contributed by atoms with Gasteiger partial charge < -0.3 is 5.32 Å². The van der Waals surface area contributed by atoms with E-state index in [1.807, 2.05) is 24.3 Å². The van der Waals surface area contributed by atoms with Crippen molar-refractivity contribution < 1.29 is 4.79 Å². The minimum absolute atomic E-state index is 0.147. The SMILES string of the molecule is N#Cc1cccc(NC(=O)C(Cc2cccnc2)c2ccc(Cl)cc2)c1. The van der Waals surface area contributed by atoms with Gasteiger partial charge in [0.05, 0.1) is 17.6 Å². The van der Waals surface area contributed by atoms with Gasteiger partial charge in [-0.3, -0.25) is 9.78 Å². The Morgan fingerprint density at radius 3 is 2.65 bits per heavy atom. The number of pyridine rings is 1. The minimum Gasteiger partial charge on any atom is -0.326 e. The van der Waals surface area contributed by atoms with Crippen molar-refractivity contribution in [2.75, 3.05) is 5.32 Å². The van der Waals surface area contributed by atoms with Crippen molar-refractivity contribution in [1.29, 1.82) is 5.26 Å². The zero-order valence-corrected chi connectivity index (χ0v) is 14.6. The summed E-state index contributed by atoms with van der Waals surface area (Å²) in [7, 11) is 0. The first kappa shape index (κ1) is 17.7. The van der Waals surface area contributed by atoms with Crippen LogP contribution in [0, 0.1) is 11.3 Å². The van der Waals surface area contributed by atoms with Gasteiger partial charge in [-0.15, -0.1) is 0 Å². The molecule has 0 bridgehead atoms. The highest BCUT2D eigenvalue weighted by Crippen LogP contribution is 2.24. The third-order valence-corrected chi connectivity index (χ3v) is 4.26. The molecular formula is C21H16ClN3O. The number of nitriles is 1.